The Morgan fingerprint density at radius 1 is 0.826 bits per heavy atom. The van der Waals surface area contributed by atoms with Gasteiger partial charge in [0.2, 0.25) is 0 Å². The zero-order valence-electron chi connectivity index (χ0n) is 11.8. The maximum absolute atomic E-state index is 13.5. The first-order valence-corrected chi connectivity index (χ1v) is 7.84. The highest BCUT2D eigenvalue weighted by Crippen LogP contribution is 2.33. The SMILES string of the molecule is Fc1cc(F)cc(-c2ncccc2-c2ccc3ncsc3c2)c1. The number of hydrogen-bond acceptors (Lipinski definition) is 3. The van der Waals surface area contributed by atoms with Crippen LogP contribution in [0.4, 0.5) is 8.78 Å². The molecule has 2 nitrogen and oxygen atoms in total. The number of hydrogen-bond donors (Lipinski definition) is 0. The molecule has 0 saturated carbocycles. The van der Waals surface area contributed by atoms with E-state index in [0.29, 0.717) is 11.3 Å². The molecule has 0 N–H and O–H groups in total. The number of halogens is 2. The van der Waals surface area contributed by atoms with Crippen LogP contribution in [0, 0.1) is 11.6 Å². The number of rotatable bonds is 2. The van der Waals surface area contributed by atoms with Gasteiger partial charge >= 0.3 is 0 Å². The van der Waals surface area contributed by atoms with Gasteiger partial charge in [0.1, 0.15) is 11.6 Å². The molecular formula is C18H10F2N2S. The highest BCUT2D eigenvalue weighted by atomic mass is 32.1. The van der Waals surface area contributed by atoms with Gasteiger partial charge in [-0.15, -0.1) is 11.3 Å². The van der Waals surface area contributed by atoms with E-state index in [1.807, 2.05) is 30.3 Å². The first kappa shape index (κ1) is 14.0. The molecule has 4 rings (SSSR count). The maximum Gasteiger partial charge on any atom is 0.126 e. The molecule has 0 amide bonds. The van der Waals surface area contributed by atoms with Crippen molar-refractivity contribution in [2.45, 2.75) is 0 Å². The molecule has 5 heteroatoms. The summed E-state index contributed by atoms with van der Waals surface area (Å²) in [7, 11) is 0. The minimum absolute atomic E-state index is 0.419. The first-order chi connectivity index (χ1) is 11.2. The van der Waals surface area contributed by atoms with Gasteiger partial charge in [-0.3, -0.25) is 4.98 Å². The molecule has 2 aromatic heterocycles. The Balaban J connectivity index is 1.92. The fourth-order valence-electron chi connectivity index (χ4n) is 2.58. The molecule has 0 spiro atoms. The van der Waals surface area contributed by atoms with E-state index >= 15 is 0 Å². The van der Waals surface area contributed by atoms with Crippen molar-refractivity contribution < 1.29 is 8.78 Å². The van der Waals surface area contributed by atoms with E-state index < -0.39 is 11.6 Å². The molecule has 0 unspecified atom stereocenters. The van der Waals surface area contributed by atoms with Crippen molar-refractivity contribution in [2.75, 3.05) is 0 Å². The van der Waals surface area contributed by atoms with Crippen LogP contribution in [0.25, 0.3) is 32.6 Å². The Morgan fingerprint density at radius 2 is 1.65 bits per heavy atom. The monoisotopic (exact) mass is 324 g/mol. The van der Waals surface area contributed by atoms with E-state index in [9.17, 15) is 8.78 Å². The van der Waals surface area contributed by atoms with Gasteiger partial charge in [0, 0.05) is 23.4 Å². The molecule has 0 saturated heterocycles. The Bertz CT molecular complexity index is 991. The van der Waals surface area contributed by atoms with Crippen molar-refractivity contribution in [3.63, 3.8) is 0 Å². The van der Waals surface area contributed by atoms with Gasteiger partial charge in [0.15, 0.2) is 0 Å². The van der Waals surface area contributed by atoms with Crippen molar-refractivity contribution in [2.24, 2.45) is 0 Å². The first-order valence-electron chi connectivity index (χ1n) is 6.96. The average molecular weight is 324 g/mol. The van der Waals surface area contributed by atoms with E-state index in [0.717, 1.165) is 27.4 Å². The normalized spacial score (nSPS) is 11.0. The highest BCUT2D eigenvalue weighted by molar-refractivity contribution is 7.16. The van der Waals surface area contributed by atoms with Crippen molar-refractivity contribution in [1.29, 1.82) is 0 Å². The summed E-state index contributed by atoms with van der Waals surface area (Å²) in [6.45, 7) is 0. The van der Waals surface area contributed by atoms with Crippen LogP contribution in [0.3, 0.4) is 0 Å². The molecule has 112 valence electrons. The second-order valence-electron chi connectivity index (χ2n) is 5.09. The van der Waals surface area contributed by atoms with E-state index in [4.69, 9.17) is 0 Å². The van der Waals surface area contributed by atoms with Gasteiger partial charge in [0.05, 0.1) is 21.4 Å². The third kappa shape index (κ3) is 2.59. The van der Waals surface area contributed by atoms with Gasteiger partial charge < -0.3 is 0 Å². The lowest BCUT2D eigenvalue weighted by molar-refractivity contribution is 0.584. The molecule has 2 heterocycles. The van der Waals surface area contributed by atoms with Gasteiger partial charge in [-0.05, 0) is 35.9 Å². The summed E-state index contributed by atoms with van der Waals surface area (Å²) in [5.41, 5.74) is 5.46. The summed E-state index contributed by atoms with van der Waals surface area (Å²) in [6.07, 6.45) is 1.62. The summed E-state index contributed by atoms with van der Waals surface area (Å²) < 4.78 is 28.1. The summed E-state index contributed by atoms with van der Waals surface area (Å²) in [6, 6.07) is 13.0. The minimum atomic E-state index is -0.616. The van der Waals surface area contributed by atoms with Crippen LogP contribution < -0.4 is 0 Å². The summed E-state index contributed by atoms with van der Waals surface area (Å²) in [5.74, 6) is -1.23. The van der Waals surface area contributed by atoms with Crippen molar-refractivity contribution in [3.8, 4) is 22.4 Å². The van der Waals surface area contributed by atoms with Crippen molar-refractivity contribution >= 4 is 21.6 Å². The molecule has 0 atom stereocenters. The van der Waals surface area contributed by atoms with Crippen molar-refractivity contribution in [1.82, 2.24) is 9.97 Å². The third-order valence-electron chi connectivity index (χ3n) is 3.59. The van der Waals surface area contributed by atoms with Gasteiger partial charge in [-0.1, -0.05) is 12.1 Å². The smallest absolute Gasteiger partial charge is 0.126 e. The standard InChI is InChI=1S/C18H10F2N2S/c19-13-6-12(7-14(20)9-13)18-15(2-1-5-21-18)11-3-4-16-17(8-11)23-10-22-16/h1-10H. The number of benzene rings is 2. The van der Waals surface area contributed by atoms with Gasteiger partial charge in [-0.25, -0.2) is 13.8 Å². The molecular weight excluding hydrogens is 314 g/mol. The molecule has 0 bridgehead atoms. The van der Waals surface area contributed by atoms with E-state index in [2.05, 4.69) is 9.97 Å². The number of pyridine rings is 1. The fourth-order valence-corrected chi connectivity index (χ4v) is 3.30. The quantitative estimate of drug-likeness (QED) is 0.500. The summed E-state index contributed by atoms with van der Waals surface area (Å²) in [4.78, 5) is 8.59. The van der Waals surface area contributed by atoms with Crippen molar-refractivity contribution in [3.05, 3.63) is 71.9 Å². The highest BCUT2D eigenvalue weighted by Gasteiger charge is 2.12. The molecule has 2 aromatic carbocycles. The number of fused-ring (bicyclic) bond motifs is 1. The minimum Gasteiger partial charge on any atom is -0.256 e. The summed E-state index contributed by atoms with van der Waals surface area (Å²) >= 11 is 1.55. The molecule has 4 aromatic rings. The van der Waals surface area contributed by atoms with Crippen LogP contribution in [-0.4, -0.2) is 9.97 Å². The number of thiazole rings is 1. The zero-order valence-corrected chi connectivity index (χ0v) is 12.6. The number of nitrogens with zero attached hydrogens (tertiary/aromatic N) is 2. The van der Waals surface area contributed by atoms with E-state index in [1.165, 1.54) is 12.1 Å². The predicted octanol–water partition coefficient (Wildman–Crippen LogP) is 5.30. The Labute approximate surface area is 135 Å². The predicted molar refractivity (Wildman–Crippen MR) is 88.2 cm³/mol. The zero-order chi connectivity index (χ0) is 15.8. The maximum atomic E-state index is 13.5. The summed E-state index contributed by atoms with van der Waals surface area (Å²) in [5, 5.41) is 0. The Hall–Kier alpha value is -2.66. The molecule has 0 aliphatic rings. The van der Waals surface area contributed by atoms with Crippen LogP contribution >= 0.6 is 11.3 Å². The van der Waals surface area contributed by atoms with E-state index in [-0.39, 0.29) is 0 Å². The fraction of sp³-hybridized carbons (Fsp3) is 0. The van der Waals surface area contributed by atoms with Crippen LogP contribution in [0.15, 0.2) is 60.2 Å². The molecule has 0 fully saturated rings. The lowest BCUT2D eigenvalue weighted by Gasteiger charge is -2.09. The lowest BCUT2D eigenvalue weighted by Crippen LogP contribution is -1.91. The molecule has 0 radical (unpaired) electrons. The molecule has 23 heavy (non-hydrogen) atoms. The second kappa shape index (κ2) is 5.52. The van der Waals surface area contributed by atoms with Gasteiger partial charge in [-0.2, -0.15) is 0 Å². The largest absolute Gasteiger partial charge is 0.256 e. The van der Waals surface area contributed by atoms with Gasteiger partial charge in [0.25, 0.3) is 0 Å². The molecule has 0 aliphatic heterocycles. The third-order valence-corrected chi connectivity index (χ3v) is 4.38. The average Bonchev–Trinajstić information content (AvgIpc) is 3.01. The number of aromatic nitrogens is 2. The van der Waals surface area contributed by atoms with Crippen LogP contribution in [0.2, 0.25) is 0 Å². The topological polar surface area (TPSA) is 25.8 Å². The Morgan fingerprint density at radius 3 is 2.48 bits per heavy atom. The van der Waals surface area contributed by atoms with Crippen LogP contribution in [-0.2, 0) is 0 Å². The van der Waals surface area contributed by atoms with Crippen LogP contribution in [0.1, 0.15) is 0 Å². The second-order valence-corrected chi connectivity index (χ2v) is 5.98. The molecule has 0 aliphatic carbocycles. The lowest BCUT2D eigenvalue weighted by atomic mass is 9.99. The Kier molecular flexibility index (Phi) is 3.35. The van der Waals surface area contributed by atoms with E-state index in [1.54, 1.807) is 23.0 Å². The van der Waals surface area contributed by atoms with Crippen LogP contribution in [0.5, 0.6) is 0 Å².